The maximum Gasteiger partial charge on any atom is 0.151 e. The molecule has 0 aliphatic heterocycles. The fourth-order valence-electron chi connectivity index (χ4n) is 1.71. The number of sulfone groups is 1. The summed E-state index contributed by atoms with van der Waals surface area (Å²) in [6, 6.07) is 7.45. The summed E-state index contributed by atoms with van der Waals surface area (Å²) in [7, 11) is -3.12. The van der Waals surface area contributed by atoms with Crippen LogP contribution in [0.1, 0.15) is 31.0 Å². The maximum absolute atomic E-state index is 11.5. The Labute approximate surface area is 103 Å². The van der Waals surface area contributed by atoms with E-state index in [-0.39, 0.29) is 6.04 Å². The highest BCUT2D eigenvalue weighted by Crippen LogP contribution is 2.21. The standard InChI is InChI=1S/C12H20N2O2S/c1-4-10-5-7-11(8-6-10)12(14-13)9(2)17(3,15)16/h5-9,12,14H,4,13H2,1-3H3. The molecule has 0 aromatic heterocycles. The Morgan fingerprint density at radius 1 is 1.29 bits per heavy atom. The molecule has 0 saturated carbocycles. The van der Waals surface area contributed by atoms with Crippen LogP contribution < -0.4 is 11.3 Å². The van der Waals surface area contributed by atoms with E-state index in [1.54, 1.807) is 6.92 Å². The molecular weight excluding hydrogens is 236 g/mol. The van der Waals surface area contributed by atoms with Crippen molar-refractivity contribution in [3.8, 4) is 0 Å². The lowest BCUT2D eigenvalue weighted by molar-refractivity contribution is 0.513. The first-order chi connectivity index (χ1) is 7.90. The monoisotopic (exact) mass is 256 g/mol. The van der Waals surface area contributed by atoms with Gasteiger partial charge in [0.15, 0.2) is 9.84 Å². The van der Waals surface area contributed by atoms with E-state index in [1.807, 2.05) is 24.3 Å². The average molecular weight is 256 g/mol. The molecule has 1 aromatic carbocycles. The summed E-state index contributed by atoms with van der Waals surface area (Å²) in [5.74, 6) is 5.46. The van der Waals surface area contributed by atoms with Crippen molar-refractivity contribution in [3.63, 3.8) is 0 Å². The lowest BCUT2D eigenvalue weighted by Gasteiger charge is -2.22. The minimum atomic E-state index is -3.12. The molecule has 0 aliphatic rings. The van der Waals surface area contributed by atoms with Crippen molar-refractivity contribution in [2.75, 3.05) is 6.26 Å². The normalized spacial score (nSPS) is 15.5. The summed E-state index contributed by atoms with van der Waals surface area (Å²) in [5.41, 5.74) is 4.69. The third kappa shape index (κ3) is 3.52. The largest absolute Gasteiger partial charge is 0.271 e. The summed E-state index contributed by atoms with van der Waals surface area (Å²) >= 11 is 0. The van der Waals surface area contributed by atoms with E-state index < -0.39 is 15.1 Å². The number of benzene rings is 1. The van der Waals surface area contributed by atoms with E-state index in [1.165, 1.54) is 11.8 Å². The summed E-state index contributed by atoms with van der Waals surface area (Å²) in [6.07, 6.45) is 2.19. The van der Waals surface area contributed by atoms with Crippen molar-refractivity contribution in [1.82, 2.24) is 5.43 Å². The van der Waals surface area contributed by atoms with Crippen molar-refractivity contribution in [3.05, 3.63) is 35.4 Å². The van der Waals surface area contributed by atoms with Crippen LogP contribution in [0.2, 0.25) is 0 Å². The van der Waals surface area contributed by atoms with Gasteiger partial charge in [0.25, 0.3) is 0 Å². The molecule has 17 heavy (non-hydrogen) atoms. The predicted octanol–water partition coefficient (Wildman–Crippen LogP) is 1.19. The Hall–Kier alpha value is -0.910. The quantitative estimate of drug-likeness (QED) is 0.613. The van der Waals surface area contributed by atoms with Crippen LogP contribution in [0.5, 0.6) is 0 Å². The van der Waals surface area contributed by atoms with E-state index in [2.05, 4.69) is 12.3 Å². The number of hydrogen-bond acceptors (Lipinski definition) is 4. The second kappa shape index (κ2) is 5.62. The highest BCUT2D eigenvalue weighted by Gasteiger charge is 2.26. The smallest absolute Gasteiger partial charge is 0.151 e. The first-order valence-corrected chi connectivity index (χ1v) is 7.59. The van der Waals surface area contributed by atoms with Crippen LogP contribution in [0.4, 0.5) is 0 Å². The first-order valence-electron chi connectivity index (χ1n) is 5.64. The molecule has 0 bridgehead atoms. The Kier molecular flexibility index (Phi) is 4.68. The Morgan fingerprint density at radius 2 is 1.82 bits per heavy atom. The Bertz CT molecular complexity index is 454. The van der Waals surface area contributed by atoms with Crippen molar-refractivity contribution in [1.29, 1.82) is 0 Å². The molecular formula is C12H20N2O2S. The van der Waals surface area contributed by atoms with E-state index in [0.29, 0.717) is 0 Å². The fraction of sp³-hybridized carbons (Fsp3) is 0.500. The lowest BCUT2D eigenvalue weighted by Crippen LogP contribution is -2.38. The van der Waals surface area contributed by atoms with Gasteiger partial charge < -0.3 is 0 Å². The van der Waals surface area contributed by atoms with Gasteiger partial charge in [0.2, 0.25) is 0 Å². The third-order valence-electron chi connectivity index (χ3n) is 3.07. The van der Waals surface area contributed by atoms with Crippen LogP contribution in [0.15, 0.2) is 24.3 Å². The van der Waals surface area contributed by atoms with Gasteiger partial charge in [-0.25, -0.2) is 8.42 Å². The average Bonchev–Trinajstić information content (AvgIpc) is 2.29. The number of rotatable bonds is 5. The number of nitrogens with one attached hydrogen (secondary N) is 1. The number of nitrogens with two attached hydrogens (primary N) is 1. The second-order valence-electron chi connectivity index (χ2n) is 4.27. The van der Waals surface area contributed by atoms with Gasteiger partial charge in [-0.1, -0.05) is 31.2 Å². The molecule has 1 rings (SSSR count). The Balaban J connectivity index is 3.01. The summed E-state index contributed by atoms with van der Waals surface area (Å²) in [4.78, 5) is 0. The van der Waals surface area contributed by atoms with Gasteiger partial charge in [0.1, 0.15) is 0 Å². The van der Waals surface area contributed by atoms with E-state index in [0.717, 1.165) is 12.0 Å². The molecule has 5 heteroatoms. The van der Waals surface area contributed by atoms with Crippen molar-refractivity contribution in [2.45, 2.75) is 31.6 Å². The molecule has 0 fully saturated rings. The van der Waals surface area contributed by atoms with Gasteiger partial charge in [-0.15, -0.1) is 0 Å². The summed E-state index contributed by atoms with van der Waals surface area (Å²) in [5, 5.41) is -0.556. The molecule has 0 amide bonds. The predicted molar refractivity (Wildman–Crippen MR) is 70.2 cm³/mol. The van der Waals surface area contributed by atoms with E-state index >= 15 is 0 Å². The SMILES string of the molecule is CCc1ccc(C(NN)C(C)S(C)(=O)=O)cc1. The second-order valence-corrected chi connectivity index (χ2v) is 6.68. The third-order valence-corrected chi connectivity index (χ3v) is 4.69. The number of hydrogen-bond donors (Lipinski definition) is 2. The molecule has 2 unspecified atom stereocenters. The van der Waals surface area contributed by atoms with Crippen LogP contribution in [0, 0.1) is 0 Å². The van der Waals surface area contributed by atoms with Crippen molar-refractivity contribution >= 4 is 9.84 Å². The van der Waals surface area contributed by atoms with Gasteiger partial charge in [-0.3, -0.25) is 11.3 Å². The molecule has 0 aliphatic carbocycles. The molecule has 3 N–H and O–H groups in total. The van der Waals surface area contributed by atoms with E-state index in [9.17, 15) is 8.42 Å². The number of hydrazine groups is 1. The van der Waals surface area contributed by atoms with Crippen molar-refractivity contribution in [2.24, 2.45) is 5.84 Å². The highest BCUT2D eigenvalue weighted by atomic mass is 32.2. The molecule has 2 atom stereocenters. The number of aryl methyl sites for hydroxylation is 1. The summed E-state index contributed by atoms with van der Waals surface area (Å²) in [6.45, 7) is 3.74. The molecule has 0 spiro atoms. The minimum absolute atomic E-state index is 0.379. The Morgan fingerprint density at radius 3 is 2.18 bits per heavy atom. The van der Waals surface area contributed by atoms with Gasteiger partial charge in [-0.2, -0.15) is 0 Å². The van der Waals surface area contributed by atoms with Gasteiger partial charge in [0.05, 0.1) is 11.3 Å². The first kappa shape index (κ1) is 14.2. The molecule has 1 aromatic rings. The van der Waals surface area contributed by atoms with Crippen LogP contribution in [0.3, 0.4) is 0 Å². The molecule has 0 saturated heterocycles. The van der Waals surface area contributed by atoms with Crippen LogP contribution >= 0.6 is 0 Å². The van der Waals surface area contributed by atoms with Gasteiger partial charge in [-0.05, 0) is 24.5 Å². The van der Waals surface area contributed by atoms with Gasteiger partial charge in [0, 0.05) is 6.26 Å². The molecule has 4 nitrogen and oxygen atoms in total. The molecule has 0 heterocycles. The zero-order valence-electron chi connectivity index (χ0n) is 10.5. The zero-order chi connectivity index (χ0) is 13.1. The highest BCUT2D eigenvalue weighted by molar-refractivity contribution is 7.91. The van der Waals surface area contributed by atoms with Gasteiger partial charge >= 0.3 is 0 Å². The zero-order valence-corrected chi connectivity index (χ0v) is 11.3. The van der Waals surface area contributed by atoms with Crippen LogP contribution in [0.25, 0.3) is 0 Å². The maximum atomic E-state index is 11.5. The molecule has 96 valence electrons. The lowest BCUT2D eigenvalue weighted by atomic mass is 10.0. The van der Waals surface area contributed by atoms with Crippen LogP contribution in [-0.4, -0.2) is 19.9 Å². The van der Waals surface area contributed by atoms with E-state index in [4.69, 9.17) is 5.84 Å². The van der Waals surface area contributed by atoms with Crippen molar-refractivity contribution < 1.29 is 8.42 Å². The minimum Gasteiger partial charge on any atom is -0.271 e. The topological polar surface area (TPSA) is 72.2 Å². The summed E-state index contributed by atoms with van der Waals surface area (Å²) < 4.78 is 23.1. The van der Waals surface area contributed by atoms with Crippen LogP contribution in [-0.2, 0) is 16.3 Å². The fourth-order valence-corrected chi connectivity index (χ4v) is 2.44. The molecule has 0 radical (unpaired) electrons.